The van der Waals surface area contributed by atoms with E-state index in [2.05, 4.69) is 10.3 Å². The molecule has 1 aromatic heterocycles. The molecule has 4 rings (SSSR count). The molecule has 9 nitrogen and oxygen atoms in total. The van der Waals surface area contributed by atoms with Gasteiger partial charge in [0.05, 0.1) is 30.3 Å². The van der Waals surface area contributed by atoms with Gasteiger partial charge >= 0.3 is 0 Å². The molecule has 2 aromatic rings. The van der Waals surface area contributed by atoms with Crippen LogP contribution >= 0.6 is 0 Å². The Morgan fingerprint density at radius 1 is 1.19 bits per heavy atom. The summed E-state index contributed by atoms with van der Waals surface area (Å²) in [4.78, 5) is 23.3. The quantitative estimate of drug-likeness (QED) is 0.750. The number of rotatable bonds is 5. The van der Waals surface area contributed by atoms with Crippen LogP contribution < -0.4 is 10.1 Å². The van der Waals surface area contributed by atoms with Gasteiger partial charge in [0, 0.05) is 32.6 Å². The summed E-state index contributed by atoms with van der Waals surface area (Å²) in [5, 5.41) is 3.12. The van der Waals surface area contributed by atoms with Gasteiger partial charge < -0.3 is 15.0 Å². The maximum atomic E-state index is 13.4. The Bertz CT molecular complexity index is 1090. The number of ether oxygens (including phenoxy) is 1. The lowest BCUT2D eigenvalue weighted by Gasteiger charge is -2.30. The summed E-state index contributed by atoms with van der Waals surface area (Å²) in [5.41, 5.74) is 1.77. The van der Waals surface area contributed by atoms with E-state index in [0.717, 1.165) is 17.7 Å². The number of amides is 1. The molecule has 1 aromatic carbocycles. The summed E-state index contributed by atoms with van der Waals surface area (Å²) < 4.78 is 33.4. The minimum absolute atomic E-state index is 0.00129. The van der Waals surface area contributed by atoms with Crippen molar-refractivity contribution in [1.29, 1.82) is 0 Å². The molecule has 0 unspecified atom stereocenters. The fourth-order valence-corrected chi connectivity index (χ4v) is 5.90. The number of benzene rings is 1. The molecule has 3 heterocycles. The molecule has 1 saturated heterocycles. The molecule has 1 N–H and O–H groups in total. The first-order valence-electron chi connectivity index (χ1n) is 10.3. The smallest absolute Gasteiger partial charge is 0.243 e. The predicted molar refractivity (Wildman–Crippen MR) is 115 cm³/mol. The Kier molecular flexibility index (Phi) is 5.85. The van der Waals surface area contributed by atoms with Gasteiger partial charge in [0.15, 0.2) is 0 Å². The van der Waals surface area contributed by atoms with Crippen LogP contribution in [0.25, 0.3) is 0 Å². The molecule has 2 aliphatic rings. The van der Waals surface area contributed by atoms with E-state index in [1.165, 1.54) is 4.31 Å². The molecular weight excluding hydrogens is 418 g/mol. The molecule has 1 fully saturated rings. The standard InChI is InChI=1S/C21H27N5O4S/c1-14(27)25-12-10-17-18(13-25)23-21(24-20(17)22-2)19-5-4-11-26(19)31(28,29)16-8-6-15(30-3)7-9-16/h6-9,19H,4-5,10-13H2,1-3H3,(H,22,23,24)/t19-/m0/s1. The monoisotopic (exact) mass is 445 g/mol. The Labute approximate surface area is 182 Å². The van der Waals surface area contributed by atoms with Crippen molar-refractivity contribution in [2.75, 3.05) is 32.6 Å². The van der Waals surface area contributed by atoms with E-state index < -0.39 is 16.1 Å². The van der Waals surface area contributed by atoms with Crippen LogP contribution in [0, 0.1) is 0 Å². The summed E-state index contributed by atoms with van der Waals surface area (Å²) in [6, 6.07) is 5.95. The summed E-state index contributed by atoms with van der Waals surface area (Å²) >= 11 is 0. The topological polar surface area (TPSA) is 105 Å². The molecule has 1 atom stereocenters. The zero-order valence-corrected chi connectivity index (χ0v) is 18.8. The van der Waals surface area contributed by atoms with Crippen LogP contribution in [0.3, 0.4) is 0 Å². The molecule has 2 aliphatic heterocycles. The minimum atomic E-state index is -3.71. The molecule has 0 bridgehead atoms. The first-order valence-corrected chi connectivity index (χ1v) is 11.8. The number of nitrogens with one attached hydrogen (secondary N) is 1. The number of hydrogen-bond acceptors (Lipinski definition) is 7. The lowest BCUT2D eigenvalue weighted by atomic mass is 10.0. The summed E-state index contributed by atoms with van der Waals surface area (Å²) in [5.74, 6) is 1.78. The van der Waals surface area contributed by atoms with Gasteiger partial charge in [-0.05, 0) is 43.5 Å². The Balaban J connectivity index is 1.70. The highest BCUT2D eigenvalue weighted by atomic mass is 32.2. The van der Waals surface area contributed by atoms with Gasteiger partial charge in [0.2, 0.25) is 15.9 Å². The van der Waals surface area contributed by atoms with Crippen LogP contribution in [0.1, 0.15) is 42.9 Å². The highest BCUT2D eigenvalue weighted by Crippen LogP contribution is 2.37. The fraction of sp³-hybridized carbons (Fsp3) is 0.476. The van der Waals surface area contributed by atoms with Crippen LogP contribution in [0.2, 0.25) is 0 Å². The van der Waals surface area contributed by atoms with Crippen molar-refractivity contribution in [1.82, 2.24) is 19.2 Å². The van der Waals surface area contributed by atoms with Crippen molar-refractivity contribution in [2.45, 2.75) is 43.7 Å². The normalized spacial score (nSPS) is 19.2. The third-order valence-electron chi connectivity index (χ3n) is 5.93. The second kappa shape index (κ2) is 8.43. The van der Waals surface area contributed by atoms with Crippen molar-refractivity contribution in [3.8, 4) is 5.75 Å². The fourth-order valence-electron chi connectivity index (χ4n) is 4.24. The molecule has 1 amide bonds. The van der Waals surface area contributed by atoms with E-state index >= 15 is 0 Å². The number of carbonyl (C=O) groups excluding carboxylic acids is 1. The second-order valence-electron chi connectivity index (χ2n) is 7.75. The highest BCUT2D eigenvalue weighted by Gasteiger charge is 2.39. The third kappa shape index (κ3) is 3.97. The average molecular weight is 446 g/mol. The van der Waals surface area contributed by atoms with E-state index in [9.17, 15) is 13.2 Å². The maximum absolute atomic E-state index is 13.4. The van der Waals surface area contributed by atoms with Crippen LogP contribution in [0.5, 0.6) is 5.75 Å². The van der Waals surface area contributed by atoms with Gasteiger partial charge in [-0.15, -0.1) is 0 Å². The van der Waals surface area contributed by atoms with Gasteiger partial charge in [-0.2, -0.15) is 4.31 Å². The minimum Gasteiger partial charge on any atom is -0.497 e. The van der Waals surface area contributed by atoms with Crippen LogP contribution in [-0.2, 0) is 27.8 Å². The molecule has 31 heavy (non-hydrogen) atoms. The maximum Gasteiger partial charge on any atom is 0.243 e. The highest BCUT2D eigenvalue weighted by molar-refractivity contribution is 7.89. The van der Waals surface area contributed by atoms with E-state index in [1.54, 1.807) is 50.2 Å². The zero-order chi connectivity index (χ0) is 22.2. The van der Waals surface area contributed by atoms with Crippen molar-refractivity contribution >= 4 is 21.7 Å². The van der Waals surface area contributed by atoms with Gasteiger partial charge in [-0.25, -0.2) is 18.4 Å². The number of anilines is 1. The van der Waals surface area contributed by atoms with Gasteiger partial charge in [-0.3, -0.25) is 4.79 Å². The van der Waals surface area contributed by atoms with Crippen molar-refractivity contribution in [3.05, 3.63) is 41.3 Å². The lowest BCUT2D eigenvalue weighted by molar-refractivity contribution is -0.129. The Hall–Kier alpha value is -2.72. The van der Waals surface area contributed by atoms with Crippen LogP contribution in [-0.4, -0.2) is 60.7 Å². The number of fused-ring (bicyclic) bond motifs is 1. The Morgan fingerprint density at radius 2 is 1.94 bits per heavy atom. The van der Waals surface area contributed by atoms with Crippen molar-refractivity contribution in [2.24, 2.45) is 0 Å². The zero-order valence-electron chi connectivity index (χ0n) is 18.0. The van der Waals surface area contributed by atoms with E-state index in [-0.39, 0.29) is 10.8 Å². The molecule has 0 spiro atoms. The number of aromatic nitrogens is 2. The predicted octanol–water partition coefficient (Wildman–Crippen LogP) is 1.96. The second-order valence-corrected chi connectivity index (χ2v) is 9.64. The number of nitrogens with zero attached hydrogens (tertiary/aromatic N) is 4. The Morgan fingerprint density at radius 3 is 2.58 bits per heavy atom. The molecular formula is C21H27N5O4S. The summed E-state index contributed by atoms with van der Waals surface area (Å²) in [6.07, 6.45) is 2.05. The molecule has 0 aliphatic carbocycles. The average Bonchev–Trinajstić information content (AvgIpc) is 3.29. The number of sulfonamides is 1. The van der Waals surface area contributed by atoms with Crippen molar-refractivity contribution < 1.29 is 17.9 Å². The SMILES string of the molecule is CNc1nc([C@@H]2CCCN2S(=O)(=O)c2ccc(OC)cc2)nc2c1CCN(C(C)=O)C2. The lowest BCUT2D eigenvalue weighted by Crippen LogP contribution is -2.36. The largest absolute Gasteiger partial charge is 0.497 e. The molecule has 166 valence electrons. The van der Waals surface area contributed by atoms with E-state index in [4.69, 9.17) is 9.72 Å². The van der Waals surface area contributed by atoms with Crippen molar-refractivity contribution in [3.63, 3.8) is 0 Å². The van der Waals surface area contributed by atoms with E-state index in [0.29, 0.717) is 49.9 Å². The molecule has 0 radical (unpaired) electrons. The number of methoxy groups -OCH3 is 1. The van der Waals surface area contributed by atoms with E-state index in [1.807, 2.05) is 0 Å². The third-order valence-corrected chi connectivity index (χ3v) is 7.85. The van der Waals surface area contributed by atoms with Crippen LogP contribution in [0.4, 0.5) is 5.82 Å². The number of carbonyl (C=O) groups is 1. The van der Waals surface area contributed by atoms with Gasteiger partial charge in [0.25, 0.3) is 0 Å². The number of hydrogen-bond donors (Lipinski definition) is 1. The summed E-state index contributed by atoms with van der Waals surface area (Å²) in [6.45, 7) is 2.99. The first-order chi connectivity index (χ1) is 14.8. The summed E-state index contributed by atoms with van der Waals surface area (Å²) in [7, 11) is -0.376. The van der Waals surface area contributed by atoms with Gasteiger partial charge in [0.1, 0.15) is 17.4 Å². The first kappa shape index (κ1) is 21.5. The molecule has 0 saturated carbocycles. The van der Waals surface area contributed by atoms with Crippen LogP contribution in [0.15, 0.2) is 29.2 Å². The molecule has 10 heteroatoms. The van der Waals surface area contributed by atoms with Gasteiger partial charge in [-0.1, -0.05) is 0 Å².